The zero-order chi connectivity index (χ0) is 19.1. The molecule has 3 rings (SSSR count). The van der Waals surface area contributed by atoms with E-state index in [0.717, 1.165) is 5.69 Å². The molecule has 0 aromatic heterocycles. The maximum absolute atomic E-state index is 11.0. The molecule has 138 valence electrons. The molecule has 3 nitrogen and oxygen atoms in total. The van der Waals surface area contributed by atoms with E-state index in [0.29, 0.717) is 5.56 Å². The van der Waals surface area contributed by atoms with E-state index in [1.807, 2.05) is 0 Å². The van der Waals surface area contributed by atoms with E-state index in [2.05, 4.69) is 51.5 Å². The number of rotatable bonds is 4. The van der Waals surface area contributed by atoms with Gasteiger partial charge in [-0.3, -0.25) is 0 Å². The Labute approximate surface area is 160 Å². The molecule has 2 aromatic rings. The summed E-state index contributed by atoms with van der Waals surface area (Å²) in [7, 11) is 0. The summed E-state index contributed by atoms with van der Waals surface area (Å²) < 4.78 is 3.35. The Morgan fingerprint density at radius 3 is 2.08 bits per heavy atom. The fourth-order valence-electron chi connectivity index (χ4n) is 3.61. The second-order valence-electron chi connectivity index (χ2n) is 8.52. The van der Waals surface area contributed by atoms with Gasteiger partial charge >= 0.3 is 5.97 Å². The number of carbonyl (C=O) groups is 1. The van der Waals surface area contributed by atoms with Crippen LogP contribution in [0.1, 0.15) is 67.6 Å². The van der Waals surface area contributed by atoms with Crippen LogP contribution in [0.2, 0.25) is 0 Å². The van der Waals surface area contributed by atoms with E-state index < -0.39 is 5.97 Å². The number of nitrogens with one attached hydrogen (secondary N) is 1. The lowest BCUT2D eigenvalue weighted by atomic mass is 9.63. The van der Waals surface area contributed by atoms with Gasteiger partial charge in [0.15, 0.2) is 0 Å². The number of fused-ring (bicyclic) bond motifs is 1. The van der Waals surface area contributed by atoms with Crippen LogP contribution in [0, 0.1) is 6.92 Å². The smallest absolute Gasteiger partial charge is 0.335 e. The van der Waals surface area contributed by atoms with Crippen LogP contribution in [-0.4, -0.2) is 11.1 Å². The van der Waals surface area contributed by atoms with Crippen molar-refractivity contribution in [3.8, 4) is 0 Å². The van der Waals surface area contributed by atoms with Crippen molar-refractivity contribution in [3.63, 3.8) is 0 Å². The predicted octanol–water partition coefficient (Wildman–Crippen LogP) is 6.16. The van der Waals surface area contributed by atoms with Crippen LogP contribution in [-0.2, 0) is 10.8 Å². The summed E-state index contributed by atoms with van der Waals surface area (Å²) in [5.41, 5.74) is 5.81. The average molecular weight is 370 g/mol. The number of hydrogen-bond acceptors (Lipinski definition) is 3. The molecule has 2 aromatic carbocycles. The van der Waals surface area contributed by atoms with Crippen LogP contribution < -0.4 is 4.72 Å². The zero-order valence-electron chi connectivity index (χ0n) is 16.1. The van der Waals surface area contributed by atoms with Crippen molar-refractivity contribution >= 4 is 23.6 Å². The summed E-state index contributed by atoms with van der Waals surface area (Å²) in [5, 5.41) is 9.00. The summed E-state index contributed by atoms with van der Waals surface area (Å²) >= 11 is 1.59. The lowest BCUT2D eigenvalue weighted by Gasteiger charge is -2.42. The molecule has 0 radical (unpaired) electrons. The lowest BCUT2D eigenvalue weighted by Crippen LogP contribution is -2.34. The first-order chi connectivity index (χ1) is 12.1. The van der Waals surface area contributed by atoms with Gasteiger partial charge in [-0.25, -0.2) is 4.79 Å². The standard InChI is InChI=1S/C22H27NO2S/c1-14-12-17-18(22(4,5)11-10-21(17,2)3)13-19(14)26-23-16-8-6-15(7-9-16)20(24)25/h6-9,12-13,23H,10-11H2,1-5H3,(H,24,25). The minimum atomic E-state index is -0.903. The van der Waals surface area contributed by atoms with Crippen LogP contribution in [0.15, 0.2) is 41.3 Å². The van der Waals surface area contributed by atoms with Crippen molar-refractivity contribution in [2.75, 3.05) is 4.72 Å². The maximum Gasteiger partial charge on any atom is 0.335 e. The Morgan fingerprint density at radius 1 is 1.00 bits per heavy atom. The third kappa shape index (κ3) is 3.61. The van der Waals surface area contributed by atoms with Crippen molar-refractivity contribution in [1.82, 2.24) is 0 Å². The Balaban J connectivity index is 1.86. The van der Waals surface area contributed by atoms with Gasteiger partial charge in [0.2, 0.25) is 0 Å². The second kappa shape index (κ2) is 6.66. The largest absolute Gasteiger partial charge is 0.478 e. The third-order valence-electron chi connectivity index (χ3n) is 5.56. The Morgan fingerprint density at radius 2 is 1.54 bits per heavy atom. The topological polar surface area (TPSA) is 49.3 Å². The first-order valence-electron chi connectivity index (χ1n) is 9.02. The van der Waals surface area contributed by atoms with Gasteiger partial charge in [-0.2, -0.15) is 0 Å². The molecule has 0 bridgehead atoms. The van der Waals surface area contributed by atoms with Crippen molar-refractivity contribution in [1.29, 1.82) is 0 Å². The van der Waals surface area contributed by atoms with Crippen LogP contribution >= 0.6 is 11.9 Å². The van der Waals surface area contributed by atoms with Crippen LogP contribution in [0.25, 0.3) is 0 Å². The number of carboxylic acids is 1. The minimum absolute atomic E-state index is 0.191. The Bertz CT molecular complexity index is 838. The van der Waals surface area contributed by atoms with Crippen LogP contribution in [0.4, 0.5) is 5.69 Å². The van der Waals surface area contributed by atoms with E-state index >= 15 is 0 Å². The van der Waals surface area contributed by atoms with Gasteiger partial charge in [0.1, 0.15) is 0 Å². The number of aryl methyl sites for hydroxylation is 1. The lowest BCUT2D eigenvalue weighted by molar-refractivity contribution is 0.0697. The van der Waals surface area contributed by atoms with Crippen molar-refractivity contribution < 1.29 is 9.90 Å². The molecule has 0 aliphatic heterocycles. The molecule has 1 aliphatic carbocycles. The number of carboxylic acid groups (broad SMARTS) is 1. The van der Waals surface area contributed by atoms with Gasteiger partial charge in [-0.05, 0) is 89.6 Å². The van der Waals surface area contributed by atoms with Gasteiger partial charge in [-0.1, -0.05) is 33.8 Å². The Hall–Kier alpha value is -1.94. The van der Waals surface area contributed by atoms with E-state index in [1.54, 1.807) is 36.2 Å². The quantitative estimate of drug-likeness (QED) is 0.634. The van der Waals surface area contributed by atoms with Gasteiger partial charge in [0.05, 0.1) is 5.56 Å². The van der Waals surface area contributed by atoms with E-state index in [-0.39, 0.29) is 10.8 Å². The molecule has 0 unspecified atom stereocenters. The maximum atomic E-state index is 11.0. The van der Waals surface area contributed by atoms with Crippen molar-refractivity contribution in [3.05, 3.63) is 58.7 Å². The highest BCUT2D eigenvalue weighted by Crippen LogP contribution is 2.47. The minimum Gasteiger partial charge on any atom is -0.478 e. The van der Waals surface area contributed by atoms with Crippen molar-refractivity contribution in [2.45, 2.75) is 63.2 Å². The van der Waals surface area contributed by atoms with Crippen LogP contribution in [0.5, 0.6) is 0 Å². The summed E-state index contributed by atoms with van der Waals surface area (Å²) in [6.07, 6.45) is 2.41. The second-order valence-corrected chi connectivity index (χ2v) is 9.37. The highest BCUT2D eigenvalue weighted by molar-refractivity contribution is 8.00. The number of anilines is 1. The molecule has 0 atom stereocenters. The SMILES string of the molecule is Cc1cc2c(cc1SNc1ccc(C(=O)O)cc1)C(C)(C)CCC2(C)C. The number of benzene rings is 2. The molecule has 1 aliphatic rings. The summed E-state index contributed by atoms with van der Waals surface area (Å²) in [5.74, 6) is -0.903. The van der Waals surface area contributed by atoms with Crippen LogP contribution in [0.3, 0.4) is 0 Å². The molecule has 2 N–H and O–H groups in total. The monoisotopic (exact) mass is 369 g/mol. The predicted molar refractivity (Wildman–Crippen MR) is 109 cm³/mol. The fraction of sp³-hybridized carbons (Fsp3) is 0.409. The normalized spacial score (nSPS) is 17.4. The molecule has 0 saturated heterocycles. The number of hydrogen-bond donors (Lipinski definition) is 2. The summed E-state index contributed by atoms with van der Waals surface area (Å²) in [6.45, 7) is 11.5. The van der Waals surface area contributed by atoms with Gasteiger partial charge in [0, 0.05) is 10.6 Å². The Kier molecular flexibility index (Phi) is 4.82. The molecule has 26 heavy (non-hydrogen) atoms. The third-order valence-corrected chi connectivity index (χ3v) is 6.56. The first-order valence-corrected chi connectivity index (χ1v) is 9.84. The van der Waals surface area contributed by atoms with E-state index in [4.69, 9.17) is 5.11 Å². The molecular formula is C22H27NO2S. The van der Waals surface area contributed by atoms with Gasteiger partial charge < -0.3 is 9.83 Å². The zero-order valence-corrected chi connectivity index (χ0v) is 17.0. The summed E-state index contributed by atoms with van der Waals surface area (Å²) in [6, 6.07) is 11.5. The molecule has 0 heterocycles. The fourth-order valence-corrected chi connectivity index (χ4v) is 4.37. The first kappa shape index (κ1) is 18.8. The van der Waals surface area contributed by atoms with E-state index in [1.165, 1.54) is 34.4 Å². The van der Waals surface area contributed by atoms with Gasteiger partial charge in [0.25, 0.3) is 0 Å². The number of aromatic carboxylic acids is 1. The molecule has 0 spiro atoms. The average Bonchev–Trinajstić information content (AvgIpc) is 2.58. The van der Waals surface area contributed by atoms with E-state index in [9.17, 15) is 4.79 Å². The molecule has 0 fully saturated rings. The molecule has 0 saturated carbocycles. The molecule has 0 amide bonds. The summed E-state index contributed by atoms with van der Waals surface area (Å²) in [4.78, 5) is 12.2. The molecular weight excluding hydrogens is 342 g/mol. The van der Waals surface area contributed by atoms with Crippen molar-refractivity contribution in [2.24, 2.45) is 0 Å². The highest BCUT2D eigenvalue weighted by Gasteiger charge is 2.37. The highest BCUT2D eigenvalue weighted by atomic mass is 32.2. The molecule has 4 heteroatoms. The van der Waals surface area contributed by atoms with Gasteiger partial charge in [-0.15, -0.1) is 0 Å².